The molecule has 20 heavy (non-hydrogen) atoms. The first kappa shape index (κ1) is 13.1. The second kappa shape index (κ2) is 4.60. The van der Waals surface area contributed by atoms with Gasteiger partial charge in [-0.25, -0.2) is 13.4 Å². The number of nitrogens with zero attached hydrogens (tertiary/aromatic N) is 2. The van der Waals surface area contributed by atoms with Gasteiger partial charge in [0.25, 0.3) is 0 Å². The van der Waals surface area contributed by atoms with Gasteiger partial charge < -0.3 is 0 Å². The van der Waals surface area contributed by atoms with Crippen molar-refractivity contribution in [3.63, 3.8) is 0 Å². The monoisotopic (exact) mass is 307 g/mol. The Hall–Kier alpha value is -1.86. The molecule has 1 aromatic carbocycles. The number of anilines is 1. The lowest BCUT2D eigenvalue weighted by atomic mass is 10.1. The van der Waals surface area contributed by atoms with Crippen molar-refractivity contribution in [2.75, 3.05) is 11.0 Å². The summed E-state index contributed by atoms with van der Waals surface area (Å²) in [6, 6.07) is 7.22. The van der Waals surface area contributed by atoms with E-state index in [0.29, 0.717) is 5.69 Å². The predicted molar refractivity (Wildman–Crippen MR) is 81.7 cm³/mol. The molecule has 0 bridgehead atoms. The number of aryl methyl sites for hydroxylation is 1. The van der Waals surface area contributed by atoms with Crippen molar-refractivity contribution in [1.82, 2.24) is 9.38 Å². The molecule has 5 nitrogen and oxygen atoms in total. The minimum atomic E-state index is -3.27. The summed E-state index contributed by atoms with van der Waals surface area (Å²) in [4.78, 5) is 5.48. The van der Waals surface area contributed by atoms with Crippen LogP contribution in [0.3, 0.4) is 0 Å². The summed E-state index contributed by atoms with van der Waals surface area (Å²) < 4.78 is 27.0. The lowest BCUT2D eigenvalue weighted by Gasteiger charge is -2.04. The van der Waals surface area contributed by atoms with Gasteiger partial charge in [0, 0.05) is 28.5 Å². The highest BCUT2D eigenvalue weighted by atomic mass is 32.2. The first-order chi connectivity index (χ1) is 9.42. The summed E-state index contributed by atoms with van der Waals surface area (Å²) in [5.41, 5.74) is 3.39. The van der Waals surface area contributed by atoms with E-state index in [1.54, 1.807) is 23.5 Å². The molecule has 0 radical (unpaired) electrons. The summed E-state index contributed by atoms with van der Waals surface area (Å²) in [5, 5.41) is 2.05. The van der Waals surface area contributed by atoms with E-state index in [1.807, 2.05) is 35.0 Å². The zero-order valence-electron chi connectivity index (χ0n) is 11.0. The van der Waals surface area contributed by atoms with E-state index in [-0.39, 0.29) is 0 Å². The molecule has 3 rings (SSSR count). The van der Waals surface area contributed by atoms with Crippen LogP contribution in [-0.2, 0) is 10.0 Å². The molecule has 3 aromatic rings. The Morgan fingerprint density at radius 3 is 2.85 bits per heavy atom. The van der Waals surface area contributed by atoms with Crippen LogP contribution in [0.4, 0.5) is 5.69 Å². The number of rotatable bonds is 3. The molecule has 0 fully saturated rings. The summed E-state index contributed by atoms with van der Waals surface area (Å²) in [6.07, 6.45) is 3.09. The number of thiazole rings is 1. The fourth-order valence-corrected chi connectivity index (χ4v) is 3.39. The lowest BCUT2D eigenvalue weighted by Crippen LogP contribution is -2.09. The van der Waals surface area contributed by atoms with Gasteiger partial charge in [-0.3, -0.25) is 9.12 Å². The zero-order chi connectivity index (χ0) is 14.3. The number of hydrogen-bond acceptors (Lipinski definition) is 4. The number of fused-ring (bicyclic) bond motifs is 1. The van der Waals surface area contributed by atoms with Crippen LogP contribution in [0.2, 0.25) is 0 Å². The van der Waals surface area contributed by atoms with Crippen molar-refractivity contribution in [1.29, 1.82) is 0 Å². The highest BCUT2D eigenvalue weighted by Gasteiger charge is 2.09. The molecule has 1 N–H and O–H groups in total. The van der Waals surface area contributed by atoms with Gasteiger partial charge in [0.15, 0.2) is 4.96 Å². The van der Waals surface area contributed by atoms with Crippen LogP contribution in [0, 0.1) is 6.92 Å². The molecule has 0 spiro atoms. The number of nitrogens with one attached hydrogen (secondary N) is 1. The molecular formula is C13H13N3O2S2. The molecule has 0 atom stereocenters. The van der Waals surface area contributed by atoms with Gasteiger partial charge in [-0.2, -0.15) is 0 Å². The Labute approximate surface area is 121 Å². The normalized spacial score (nSPS) is 11.9. The Bertz CT molecular complexity index is 878. The van der Waals surface area contributed by atoms with Crippen LogP contribution in [0.25, 0.3) is 16.2 Å². The lowest BCUT2D eigenvalue weighted by molar-refractivity contribution is 0.607. The quantitative estimate of drug-likeness (QED) is 0.809. The van der Waals surface area contributed by atoms with E-state index >= 15 is 0 Å². The second-order valence-electron chi connectivity index (χ2n) is 4.61. The average Bonchev–Trinajstić information content (AvgIpc) is 2.90. The Morgan fingerprint density at radius 2 is 2.15 bits per heavy atom. The molecule has 0 aliphatic heterocycles. The third kappa shape index (κ3) is 2.54. The topological polar surface area (TPSA) is 63.5 Å². The molecule has 0 aliphatic rings. The van der Waals surface area contributed by atoms with E-state index in [9.17, 15) is 8.42 Å². The first-order valence-corrected chi connectivity index (χ1v) is 8.71. The third-order valence-corrected chi connectivity index (χ3v) is 4.41. The minimum absolute atomic E-state index is 0.540. The van der Waals surface area contributed by atoms with Crippen LogP contribution < -0.4 is 4.72 Å². The Kier molecular flexibility index (Phi) is 3.02. The molecule has 7 heteroatoms. The van der Waals surface area contributed by atoms with Gasteiger partial charge in [-0.15, -0.1) is 11.3 Å². The van der Waals surface area contributed by atoms with E-state index in [0.717, 1.165) is 28.2 Å². The first-order valence-electron chi connectivity index (χ1n) is 5.94. The number of benzene rings is 1. The van der Waals surface area contributed by atoms with Crippen molar-refractivity contribution in [3.05, 3.63) is 41.5 Å². The van der Waals surface area contributed by atoms with Gasteiger partial charge in [-0.05, 0) is 19.1 Å². The summed E-state index contributed by atoms with van der Waals surface area (Å²) in [6.45, 7) is 2.02. The van der Waals surface area contributed by atoms with Gasteiger partial charge in [-0.1, -0.05) is 12.1 Å². The van der Waals surface area contributed by atoms with Crippen molar-refractivity contribution in [3.8, 4) is 11.3 Å². The molecular weight excluding hydrogens is 294 g/mol. The highest BCUT2D eigenvalue weighted by molar-refractivity contribution is 7.92. The van der Waals surface area contributed by atoms with Gasteiger partial charge in [0.05, 0.1) is 11.9 Å². The maximum absolute atomic E-state index is 11.3. The van der Waals surface area contributed by atoms with Crippen LogP contribution in [0.15, 0.2) is 35.8 Å². The van der Waals surface area contributed by atoms with Crippen molar-refractivity contribution < 1.29 is 8.42 Å². The third-order valence-electron chi connectivity index (χ3n) is 2.85. The van der Waals surface area contributed by atoms with Crippen molar-refractivity contribution in [2.45, 2.75) is 6.92 Å². The smallest absolute Gasteiger partial charge is 0.229 e. The highest BCUT2D eigenvalue weighted by Crippen LogP contribution is 2.25. The molecule has 0 unspecified atom stereocenters. The Morgan fingerprint density at radius 1 is 1.35 bits per heavy atom. The van der Waals surface area contributed by atoms with E-state index in [4.69, 9.17) is 0 Å². The molecule has 2 aromatic heterocycles. The zero-order valence-corrected chi connectivity index (χ0v) is 12.6. The summed E-state index contributed by atoms with van der Waals surface area (Å²) in [7, 11) is -3.27. The van der Waals surface area contributed by atoms with Crippen molar-refractivity contribution in [2.24, 2.45) is 0 Å². The molecule has 0 amide bonds. The van der Waals surface area contributed by atoms with Crippen LogP contribution >= 0.6 is 11.3 Å². The summed E-state index contributed by atoms with van der Waals surface area (Å²) in [5.74, 6) is 0. The number of imidazole rings is 1. The molecule has 104 valence electrons. The molecule has 2 heterocycles. The number of sulfonamides is 1. The second-order valence-corrected chi connectivity index (χ2v) is 7.20. The van der Waals surface area contributed by atoms with Gasteiger partial charge in [0.1, 0.15) is 0 Å². The van der Waals surface area contributed by atoms with E-state index in [2.05, 4.69) is 9.71 Å². The predicted octanol–water partition coefficient (Wildman–Crippen LogP) is 2.74. The average molecular weight is 307 g/mol. The van der Waals surface area contributed by atoms with Gasteiger partial charge in [0.2, 0.25) is 10.0 Å². The standard InChI is InChI=1S/C13H13N3O2S2/c1-9-8-19-13-14-12(7-16(9)13)10-4-3-5-11(6-10)15-20(2,17)18/h3-8,15H,1-2H3. The van der Waals surface area contributed by atoms with E-state index < -0.39 is 10.0 Å². The molecule has 0 aliphatic carbocycles. The largest absolute Gasteiger partial charge is 0.294 e. The Balaban J connectivity index is 2.03. The molecule has 0 saturated heterocycles. The van der Waals surface area contributed by atoms with Gasteiger partial charge >= 0.3 is 0 Å². The fourth-order valence-electron chi connectivity index (χ4n) is 1.99. The van der Waals surface area contributed by atoms with Crippen LogP contribution in [-0.4, -0.2) is 24.1 Å². The SMILES string of the molecule is Cc1csc2nc(-c3cccc(NS(C)(=O)=O)c3)cn12. The molecule has 0 saturated carbocycles. The van der Waals surface area contributed by atoms with Crippen LogP contribution in [0.1, 0.15) is 5.69 Å². The van der Waals surface area contributed by atoms with E-state index in [1.165, 1.54) is 0 Å². The summed E-state index contributed by atoms with van der Waals surface area (Å²) >= 11 is 1.58. The van der Waals surface area contributed by atoms with Crippen LogP contribution in [0.5, 0.6) is 0 Å². The number of hydrogen-bond donors (Lipinski definition) is 1. The van der Waals surface area contributed by atoms with Crippen molar-refractivity contribution >= 4 is 32.0 Å². The maximum atomic E-state index is 11.3. The minimum Gasteiger partial charge on any atom is -0.294 e. The maximum Gasteiger partial charge on any atom is 0.229 e. The number of aromatic nitrogens is 2. The fraction of sp³-hybridized carbons (Fsp3) is 0.154.